The molecule has 2 N–H and O–H groups in total. The van der Waals surface area contributed by atoms with E-state index in [1.165, 1.54) is 19.4 Å². The van der Waals surface area contributed by atoms with Gasteiger partial charge in [0.2, 0.25) is 11.7 Å². The molecule has 3 aromatic rings. The zero-order chi connectivity index (χ0) is 21.3. The molecule has 0 unspecified atom stereocenters. The van der Waals surface area contributed by atoms with Crippen LogP contribution in [0, 0.1) is 10.1 Å². The number of hydrogen-bond acceptors (Lipinski definition) is 7. The summed E-state index contributed by atoms with van der Waals surface area (Å²) in [6.07, 6.45) is 5.53. The number of ether oxygens (including phenoxy) is 2. The molecular formula is C21H25N5O4. The first-order valence-corrected chi connectivity index (χ1v) is 9.85. The van der Waals surface area contributed by atoms with Crippen LogP contribution >= 0.6 is 0 Å². The van der Waals surface area contributed by atoms with E-state index in [1.807, 2.05) is 24.3 Å². The lowest BCUT2D eigenvalue weighted by Crippen LogP contribution is -2.04. The Balaban J connectivity index is 1.74. The number of unbranched alkanes of at least 4 members (excludes halogenated alkanes) is 3. The molecule has 0 amide bonds. The lowest BCUT2D eigenvalue weighted by molar-refractivity contribution is -0.386. The van der Waals surface area contributed by atoms with Crippen molar-refractivity contribution in [3.8, 4) is 11.5 Å². The second-order valence-corrected chi connectivity index (χ2v) is 6.71. The molecular weight excluding hydrogens is 386 g/mol. The Morgan fingerprint density at radius 2 is 2.10 bits per heavy atom. The molecule has 0 spiro atoms. The number of imidazole rings is 1. The third-order valence-corrected chi connectivity index (χ3v) is 4.49. The molecule has 0 radical (unpaired) electrons. The zero-order valence-electron chi connectivity index (χ0n) is 17.1. The molecule has 9 nitrogen and oxygen atoms in total. The van der Waals surface area contributed by atoms with Crippen LogP contribution in [0.3, 0.4) is 0 Å². The van der Waals surface area contributed by atoms with E-state index in [0.29, 0.717) is 23.9 Å². The number of hydrazone groups is 1. The number of benzene rings is 2. The first kappa shape index (κ1) is 21.1. The molecule has 0 bridgehead atoms. The summed E-state index contributed by atoms with van der Waals surface area (Å²) in [4.78, 5) is 18.5. The fourth-order valence-corrected chi connectivity index (χ4v) is 2.99. The molecule has 2 aromatic carbocycles. The molecule has 9 heteroatoms. The number of anilines is 1. The highest BCUT2D eigenvalue weighted by atomic mass is 16.6. The minimum absolute atomic E-state index is 0.140. The van der Waals surface area contributed by atoms with Gasteiger partial charge in [-0.05, 0) is 24.6 Å². The summed E-state index contributed by atoms with van der Waals surface area (Å²) in [5.74, 6) is 0.909. The molecule has 0 atom stereocenters. The maximum atomic E-state index is 11.6. The number of nitro benzene ring substituents is 1. The van der Waals surface area contributed by atoms with Crippen LogP contribution in [-0.2, 0) is 0 Å². The van der Waals surface area contributed by atoms with Gasteiger partial charge in [0.05, 0.1) is 35.9 Å². The summed E-state index contributed by atoms with van der Waals surface area (Å²) in [6, 6.07) is 10.7. The molecule has 0 fully saturated rings. The molecule has 0 saturated heterocycles. The van der Waals surface area contributed by atoms with E-state index in [0.717, 1.165) is 36.7 Å². The number of aromatic nitrogens is 2. The fraction of sp³-hybridized carbons (Fsp3) is 0.333. The molecule has 0 saturated carbocycles. The summed E-state index contributed by atoms with van der Waals surface area (Å²) in [5.41, 5.74) is 4.84. The van der Waals surface area contributed by atoms with E-state index in [1.54, 1.807) is 6.07 Å². The minimum Gasteiger partial charge on any atom is -0.493 e. The van der Waals surface area contributed by atoms with Crippen LogP contribution in [0.15, 0.2) is 41.5 Å². The Labute approximate surface area is 174 Å². The van der Waals surface area contributed by atoms with Gasteiger partial charge >= 0.3 is 5.69 Å². The second-order valence-electron chi connectivity index (χ2n) is 6.71. The van der Waals surface area contributed by atoms with Gasteiger partial charge in [-0.2, -0.15) is 5.10 Å². The lowest BCUT2D eigenvalue weighted by Gasteiger charge is -2.11. The van der Waals surface area contributed by atoms with Gasteiger partial charge in [-0.25, -0.2) is 10.4 Å². The third-order valence-electron chi connectivity index (χ3n) is 4.49. The summed E-state index contributed by atoms with van der Waals surface area (Å²) >= 11 is 0. The molecule has 158 valence electrons. The van der Waals surface area contributed by atoms with Gasteiger partial charge in [0.25, 0.3) is 0 Å². The topological polar surface area (TPSA) is 115 Å². The quantitative estimate of drug-likeness (QED) is 0.201. The van der Waals surface area contributed by atoms with Crippen molar-refractivity contribution in [3.63, 3.8) is 0 Å². The number of nitrogens with one attached hydrogen (secondary N) is 2. The number of aromatic amines is 1. The molecule has 1 heterocycles. The fourth-order valence-electron chi connectivity index (χ4n) is 2.99. The average Bonchev–Trinajstić information content (AvgIpc) is 3.16. The van der Waals surface area contributed by atoms with Crippen molar-refractivity contribution >= 4 is 28.9 Å². The summed E-state index contributed by atoms with van der Waals surface area (Å²) in [7, 11) is 1.45. The maximum absolute atomic E-state index is 11.6. The van der Waals surface area contributed by atoms with E-state index in [2.05, 4.69) is 27.4 Å². The second kappa shape index (κ2) is 10.2. The Morgan fingerprint density at radius 1 is 1.27 bits per heavy atom. The van der Waals surface area contributed by atoms with Crippen molar-refractivity contribution in [3.05, 3.63) is 52.1 Å². The number of rotatable bonds is 11. The van der Waals surface area contributed by atoms with Gasteiger partial charge < -0.3 is 14.5 Å². The number of nitro groups is 1. The normalized spacial score (nSPS) is 11.1. The summed E-state index contributed by atoms with van der Waals surface area (Å²) in [5, 5.41) is 15.7. The monoisotopic (exact) mass is 411 g/mol. The Morgan fingerprint density at radius 3 is 2.83 bits per heavy atom. The Hall–Kier alpha value is -3.62. The molecule has 0 aliphatic heterocycles. The van der Waals surface area contributed by atoms with E-state index in [-0.39, 0.29) is 11.4 Å². The van der Waals surface area contributed by atoms with Crippen molar-refractivity contribution in [1.82, 2.24) is 9.97 Å². The first-order valence-electron chi connectivity index (χ1n) is 9.85. The van der Waals surface area contributed by atoms with E-state index in [9.17, 15) is 10.1 Å². The van der Waals surface area contributed by atoms with Crippen LogP contribution in [0.25, 0.3) is 11.0 Å². The number of hydrogen-bond donors (Lipinski definition) is 2. The maximum Gasteiger partial charge on any atom is 0.315 e. The van der Waals surface area contributed by atoms with Gasteiger partial charge in [-0.15, -0.1) is 0 Å². The number of para-hydroxylation sites is 2. The summed E-state index contributed by atoms with van der Waals surface area (Å²) in [6.45, 7) is 2.52. The molecule has 0 aliphatic rings. The standard InChI is InChI=1S/C21H25N5O4/c1-3-4-5-8-11-30-20-18(26(27)28)12-15(13-19(20)29-2)14-22-25-21-23-16-9-6-7-10-17(16)24-21/h6-7,9-10,12-14H,3-5,8,11H2,1-2H3,(H2,23,24,25)/b22-14-. The van der Waals surface area contributed by atoms with Gasteiger partial charge in [-0.1, -0.05) is 38.3 Å². The molecule has 1 aromatic heterocycles. The average molecular weight is 411 g/mol. The van der Waals surface area contributed by atoms with Gasteiger partial charge in [0.15, 0.2) is 5.75 Å². The van der Waals surface area contributed by atoms with E-state index >= 15 is 0 Å². The SMILES string of the molecule is CCCCCCOc1c(OC)cc(/C=N\Nc2nc3ccccc3[nH]2)cc1[N+](=O)[O-]. The first-order chi connectivity index (χ1) is 14.6. The van der Waals surface area contributed by atoms with Crippen LogP contribution in [0.2, 0.25) is 0 Å². The molecule has 3 rings (SSSR count). The smallest absolute Gasteiger partial charge is 0.315 e. The van der Waals surface area contributed by atoms with Crippen molar-refractivity contribution < 1.29 is 14.4 Å². The highest BCUT2D eigenvalue weighted by Crippen LogP contribution is 2.38. The zero-order valence-corrected chi connectivity index (χ0v) is 17.1. The van der Waals surface area contributed by atoms with Crippen LogP contribution < -0.4 is 14.9 Å². The van der Waals surface area contributed by atoms with Crippen molar-refractivity contribution in [2.24, 2.45) is 5.10 Å². The number of methoxy groups -OCH3 is 1. The van der Waals surface area contributed by atoms with Crippen LogP contribution in [0.5, 0.6) is 11.5 Å². The van der Waals surface area contributed by atoms with Crippen LogP contribution in [0.4, 0.5) is 11.6 Å². The summed E-state index contributed by atoms with van der Waals surface area (Å²) < 4.78 is 11.0. The minimum atomic E-state index is -0.478. The van der Waals surface area contributed by atoms with Crippen LogP contribution in [-0.4, -0.2) is 34.8 Å². The van der Waals surface area contributed by atoms with Gasteiger partial charge in [0, 0.05) is 11.6 Å². The largest absolute Gasteiger partial charge is 0.493 e. The molecule has 30 heavy (non-hydrogen) atoms. The van der Waals surface area contributed by atoms with Crippen molar-refractivity contribution in [2.45, 2.75) is 32.6 Å². The Kier molecular flexibility index (Phi) is 7.20. The predicted octanol–water partition coefficient (Wildman–Crippen LogP) is 4.88. The van der Waals surface area contributed by atoms with Crippen molar-refractivity contribution in [2.75, 3.05) is 19.1 Å². The Bertz CT molecular complexity index is 998. The predicted molar refractivity (Wildman–Crippen MR) is 117 cm³/mol. The number of fused-ring (bicyclic) bond motifs is 1. The van der Waals surface area contributed by atoms with E-state index < -0.39 is 4.92 Å². The van der Waals surface area contributed by atoms with Gasteiger partial charge in [0.1, 0.15) is 0 Å². The number of H-pyrrole nitrogens is 1. The highest BCUT2D eigenvalue weighted by molar-refractivity contribution is 5.84. The molecule has 0 aliphatic carbocycles. The third kappa shape index (κ3) is 5.25. The van der Waals surface area contributed by atoms with Crippen LogP contribution in [0.1, 0.15) is 38.2 Å². The van der Waals surface area contributed by atoms with Gasteiger partial charge in [-0.3, -0.25) is 10.1 Å². The number of nitrogens with zero attached hydrogens (tertiary/aromatic N) is 3. The highest BCUT2D eigenvalue weighted by Gasteiger charge is 2.22. The van der Waals surface area contributed by atoms with Crippen molar-refractivity contribution in [1.29, 1.82) is 0 Å². The lowest BCUT2D eigenvalue weighted by atomic mass is 10.1. The van der Waals surface area contributed by atoms with E-state index in [4.69, 9.17) is 9.47 Å².